The normalized spacial score (nSPS) is 28.8. The molecule has 0 aromatic carbocycles. The highest BCUT2D eigenvalue weighted by atomic mass is 16.2. The molecule has 3 saturated heterocycles. The van der Waals surface area contributed by atoms with Crippen LogP contribution >= 0.6 is 0 Å². The van der Waals surface area contributed by atoms with Crippen molar-refractivity contribution in [3.63, 3.8) is 0 Å². The molecule has 1 atom stereocenters. The second kappa shape index (κ2) is 5.59. The van der Waals surface area contributed by atoms with Crippen LogP contribution in [0.1, 0.15) is 39.5 Å². The summed E-state index contributed by atoms with van der Waals surface area (Å²) in [6.07, 6.45) is 3.74. The van der Waals surface area contributed by atoms with Gasteiger partial charge in [0.2, 0.25) is 11.8 Å². The average Bonchev–Trinajstić information content (AvgIpc) is 2.78. The quantitative estimate of drug-likeness (QED) is 0.821. The van der Waals surface area contributed by atoms with Crippen molar-refractivity contribution in [3.8, 4) is 0 Å². The van der Waals surface area contributed by atoms with Crippen LogP contribution in [-0.2, 0) is 9.59 Å². The molecule has 1 N–H and O–H groups in total. The van der Waals surface area contributed by atoms with Crippen LogP contribution in [0.3, 0.4) is 0 Å². The van der Waals surface area contributed by atoms with Crippen LogP contribution in [0.4, 0.5) is 0 Å². The van der Waals surface area contributed by atoms with Crippen LogP contribution < -0.4 is 5.32 Å². The van der Waals surface area contributed by atoms with E-state index in [1.165, 1.54) is 0 Å². The lowest BCUT2D eigenvalue weighted by atomic mass is 9.76. The molecule has 1 unspecified atom stereocenters. The van der Waals surface area contributed by atoms with Crippen molar-refractivity contribution in [2.24, 2.45) is 11.3 Å². The molecule has 5 nitrogen and oxygen atoms in total. The van der Waals surface area contributed by atoms with Gasteiger partial charge in [-0.05, 0) is 30.6 Å². The second-order valence-corrected chi connectivity index (χ2v) is 7.46. The number of nitrogens with one attached hydrogen (secondary N) is 1. The van der Waals surface area contributed by atoms with E-state index in [9.17, 15) is 9.59 Å². The molecule has 2 amide bonds. The van der Waals surface area contributed by atoms with Gasteiger partial charge in [0.1, 0.15) is 0 Å². The van der Waals surface area contributed by atoms with E-state index >= 15 is 0 Å². The number of fused-ring (bicyclic) bond motifs is 1. The van der Waals surface area contributed by atoms with Gasteiger partial charge >= 0.3 is 0 Å². The van der Waals surface area contributed by atoms with Gasteiger partial charge in [-0.2, -0.15) is 0 Å². The predicted molar refractivity (Wildman–Crippen MR) is 80.7 cm³/mol. The van der Waals surface area contributed by atoms with Gasteiger partial charge in [-0.1, -0.05) is 13.8 Å². The third kappa shape index (κ3) is 2.93. The average molecular weight is 293 g/mol. The Morgan fingerprint density at radius 3 is 2.67 bits per heavy atom. The maximum absolute atomic E-state index is 12.2. The summed E-state index contributed by atoms with van der Waals surface area (Å²) in [7, 11) is 0. The standard InChI is InChI=1S/C16H27N3O2/c1-12(2)9-14(20)18-6-3-16(4-7-18)10-13-15(21)17-5-8-19(13)11-16/h12-13H,3-11H2,1-2H3,(H,17,21). The van der Waals surface area contributed by atoms with E-state index in [-0.39, 0.29) is 17.4 Å². The lowest BCUT2D eigenvalue weighted by Crippen LogP contribution is -2.52. The molecule has 0 aromatic heterocycles. The molecule has 3 heterocycles. The summed E-state index contributed by atoms with van der Waals surface area (Å²) in [4.78, 5) is 28.5. The number of piperidine rings is 1. The number of likely N-dealkylation sites (tertiary alicyclic amines) is 1. The Morgan fingerprint density at radius 2 is 2.05 bits per heavy atom. The van der Waals surface area contributed by atoms with Gasteiger partial charge in [-0.25, -0.2) is 0 Å². The third-order valence-corrected chi connectivity index (χ3v) is 5.37. The van der Waals surface area contributed by atoms with Crippen molar-refractivity contribution in [2.45, 2.75) is 45.6 Å². The maximum atomic E-state index is 12.2. The van der Waals surface area contributed by atoms with Gasteiger partial charge in [-0.3, -0.25) is 14.5 Å². The molecule has 0 aliphatic carbocycles. The molecule has 3 rings (SSSR count). The SMILES string of the molecule is CC(C)CC(=O)N1CCC2(CC1)CC1C(=O)NCCN1C2. The number of hydrogen-bond donors (Lipinski definition) is 1. The first-order valence-corrected chi connectivity index (χ1v) is 8.29. The molecular weight excluding hydrogens is 266 g/mol. The topological polar surface area (TPSA) is 52.7 Å². The zero-order chi connectivity index (χ0) is 15.0. The van der Waals surface area contributed by atoms with Gasteiger partial charge < -0.3 is 10.2 Å². The molecule has 5 heteroatoms. The summed E-state index contributed by atoms with van der Waals surface area (Å²) in [5.74, 6) is 0.933. The fourth-order valence-electron chi connectivity index (χ4n) is 4.15. The summed E-state index contributed by atoms with van der Waals surface area (Å²) >= 11 is 0. The first-order valence-electron chi connectivity index (χ1n) is 8.29. The number of hydrogen-bond acceptors (Lipinski definition) is 3. The van der Waals surface area contributed by atoms with Gasteiger partial charge in [0, 0.05) is 39.1 Å². The highest BCUT2D eigenvalue weighted by Crippen LogP contribution is 2.43. The summed E-state index contributed by atoms with van der Waals surface area (Å²) in [6, 6.07) is 0.0802. The molecule has 21 heavy (non-hydrogen) atoms. The number of nitrogens with zero attached hydrogens (tertiary/aromatic N) is 2. The molecular formula is C16H27N3O2. The lowest BCUT2D eigenvalue weighted by Gasteiger charge is -2.39. The van der Waals surface area contributed by atoms with E-state index in [0.717, 1.165) is 52.0 Å². The molecule has 0 aromatic rings. The van der Waals surface area contributed by atoms with Crippen LogP contribution in [0.15, 0.2) is 0 Å². The van der Waals surface area contributed by atoms with E-state index in [0.29, 0.717) is 18.2 Å². The molecule has 0 saturated carbocycles. The van der Waals surface area contributed by atoms with Crippen molar-refractivity contribution >= 4 is 11.8 Å². The molecule has 3 aliphatic rings. The smallest absolute Gasteiger partial charge is 0.237 e. The summed E-state index contributed by atoms with van der Waals surface area (Å²) in [5, 5.41) is 2.98. The molecule has 3 aliphatic heterocycles. The Labute approximate surface area is 127 Å². The zero-order valence-corrected chi connectivity index (χ0v) is 13.2. The van der Waals surface area contributed by atoms with Crippen LogP contribution in [0.2, 0.25) is 0 Å². The summed E-state index contributed by atoms with van der Waals surface area (Å²) < 4.78 is 0. The first kappa shape index (κ1) is 14.8. The van der Waals surface area contributed by atoms with Gasteiger partial charge in [-0.15, -0.1) is 0 Å². The van der Waals surface area contributed by atoms with Crippen LogP contribution in [0.25, 0.3) is 0 Å². The Kier molecular flexibility index (Phi) is 3.95. The van der Waals surface area contributed by atoms with Crippen molar-refractivity contribution in [1.82, 2.24) is 15.1 Å². The van der Waals surface area contributed by atoms with E-state index in [2.05, 4.69) is 24.1 Å². The minimum Gasteiger partial charge on any atom is -0.353 e. The van der Waals surface area contributed by atoms with Crippen molar-refractivity contribution < 1.29 is 9.59 Å². The van der Waals surface area contributed by atoms with Gasteiger partial charge in [0.25, 0.3) is 0 Å². The molecule has 1 spiro atoms. The van der Waals surface area contributed by atoms with E-state index in [1.807, 2.05) is 4.90 Å². The van der Waals surface area contributed by atoms with Crippen LogP contribution in [0, 0.1) is 11.3 Å². The van der Waals surface area contributed by atoms with Crippen molar-refractivity contribution in [1.29, 1.82) is 0 Å². The molecule has 0 bridgehead atoms. The Balaban J connectivity index is 1.58. The van der Waals surface area contributed by atoms with E-state index < -0.39 is 0 Å². The molecule has 118 valence electrons. The number of piperazine rings is 1. The minimum absolute atomic E-state index is 0.0802. The van der Waals surface area contributed by atoms with E-state index in [1.54, 1.807) is 0 Å². The summed E-state index contributed by atoms with van der Waals surface area (Å²) in [5.41, 5.74) is 0.265. The van der Waals surface area contributed by atoms with Crippen LogP contribution in [0.5, 0.6) is 0 Å². The third-order valence-electron chi connectivity index (χ3n) is 5.37. The fraction of sp³-hybridized carbons (Fsp3) is 0.875. The van der Waals surface area contributed by atoms with Gasteiger partial charge in [0.05, 0.1) is 6.04 Å². The Morgan fingerprint density at radius 1 is 1.33 bits per heavy atom. The number of amides is 2. The Bertz CT molecular complexity index is 427. The van der Waals surface area contributed by atoms with Crippen molar-refractivity contribution in [2.75, 3.05) is 32.7 Å². The zero-order valence-electron chi connectivity index (χ0n) is 13.2. The predicted octanol–water partition coefficient (Wildman–Crippen LogP) is 0.845. The number of rotatable bonds is 2. The number of carbonyl (C=O) groups excluding carboxylic acids is 2. The van der Waals surface area contributed by atoms with Crippen molar-refractivity contribution in [3.05, 3.63) is 0 Å². The lowest BCUT2D eigenvalue weighted by molar-refractivity contribution is -0.134. The first-order chi connectivity index (χ1) is 9.99. The van der Waals surface area contributed by atoms with Crippen LogP contribution in [-0.4, -0.2) is 60.4 Å². The number of carbonyl (C=O) groups is 2. The highest BCUT2D eigenvalue weighted by molar-refractivity contribution is 5.83. The summed E-state index contributed by atoms with van der Waals surface area (Å²) in [6.45, 7) is 8.73. The minimum atomic E-state index is 0.0802. The molecule has 0 radical (unpaired) electrons. The Hall–Kier alpha value is -1.10. The largest absolute Gasteiger partial charge is 0.353 e. The second-order valence-electron chi connectivity index (χ2n) is 7.46. The molecule has 3 fully saturated rings. The maximum Gasteiger partial charge on any atom is 0.237 e. The highest BCUT2D eigenvalue weighted by Gasteiger charge is 2.49. The van der Waals surface area contributed by atoms with Gasteiger partial charge in [0.15, 0.2) is 0 Å². The monoisotopic (exact) mass is 293 g/mol. The fourth-order valence-corrected chi connectivity index (χ4v) is 4.15. The van der Waals surface area contributed by atoms with E-state index in [4.69, 9.17) is 0 Å².